The molecule has 4 heterocycles. The first-order valence-electron chi connectivity index (χ1n) is 16.0. The number of unbranched alkanes of at least 4 members (excludes halogenated alkanes) is 2. The molecule has 1 aromatic heterocycles. The third kappa shape index (κ3) is 5.98. The number of phenolic OH excluding ortho intramolecular Hbond substituents is 1. The summed E-state index contributed by atoms with van der Waals surface area (Å²) in [5.74, 6) is 1.58. The average molecular weight is 670 g/mol. The first kappa shape index (κ1) is 31.3. The molecule has 7 rings (SSSR count). The highest BCUT2D eigenvalue weighted by Gasteiger charge is 2.34. The number of hydrogen-bond acceptors (Lipinski definition) is 7. The Labute approximate surface area is 282 Å². The van der Waals surface area contributed by atoms with Crippen LogP contribution in [0.5, 0.6) is 17.2 Å². The molecule has 3 aromatic carbocycles. The fourth-order valence-corrected chi connectivity index (χ4v) is 7.83. The lowest BCUT2D eigenvalue weighted by Gasteiger charge is -2.32. The van der Waals surface area contributed by atoms with E-state index in [4.69, 9.17) is 26.1 Å². The van der Waals surface area contributed by atoms with E-state index in [-0.39, 0.29) is 29.5 Å². The standard InChI is InChI=1S/C37H36ClN3O5S/c1-45-33-16-29-30(39-20-26-15-23(24-11-14-47-22-24)10-12-40(26)37(29)44)17-34(33)46-13-6-2-3-9-35(43)41-21-25(19-38)36-28-8-5-4-7-27(28)32(42)18-31(36)41/h4-5,7-8,10-11,14,16-18,20,22,25-26,42H,2-3,6,9,12-13,15,19,21H2,1H3/t25-,26+/m1/s1. The molecule has 3 aliphatic rings. The van der Waals surface area contributed by atoms with Crippen LogP contribution < -0.4 is 14.4 Å². The number of thiophene rings is 1. The SMILES string of the molecule is COc1cc2c(cc1OCCCCCC(=O)N1C[C@@H](CCl)c3c1cc(O)c1ccccc31)N=C[C@@H]1CC(c3ccsc3)=CCN1C2=O. The van der Waals surface area contributed by atoms with Crippen molar-refractivity contribution in [2.24, 2.45) is 4.99 Å². The van der Waals surface area contributed by atoms with Crippen LogP contribution in [0, 0.1) is 0 Å². The van der Waals surface area contributed by atoms with Crippen LogP contribution in [0.2, 0.25) is 0 Å². The number of hydrogen-bond donors (Lipinski definition) is 1. The molecule has 0 fully saturated rings. The summed E-state index contributed by atoms with van der Waals surface area (Å²) in [6.45, 7) is 1.48. The molecule has 4 aromatic rings. The topological polar surface area (TPSA) is 91.7 Å². The Hall–Kier alpha value is -4.34. The minimum Gasteiger partial charge on any atom is -0.507 e. The van der Waals surface area contributed by atoms with E-state index < -0.39 is 0 Å². The Balaban J connectivity index is 0.953. The Morgan fingerprint density at radius 3 is 2.74 bits per heavy atom. The highest BCUT2D eigenvalue weighted by Crippen LogP contribution is 2.45. The molecular weight excluding hydrogens is 634 g/mol. The van der Waals surface area contributed by atoms with E-state index in [2.05, 4.69) is 22.9 Å². The number of anilines is 1. The van der Waals surface area contributed by atoms with E-state index in [1.54, 1.807) is 41.5 Å². The van der Waals surface area contributed by atoms with Crippen molar-refractivity contribution >= 4 is 68.7 Å². The number of benzene rings is 3. The van der Waals surface area contributed by atoms with Crippen molar-refractivity contribution in [2.45, 2.75) is 44.1 Å². The number of rotatable bonds is 10. The third-order valence-electron chi connectivity index (χ3n) is 9.34. The third-order valence-corrected chi connectivity index (χ3v) is 10.4. The van der Waals surface area contributed by atoms with Crippen molar-refractivity contribution in [2.75, 3.05) is 37.6 Å². The summed E-state index contributed by atoms with van der Waals surface area (Å²) in [4.78, 5) is 35.3. The van der Waals surface area contributed by atoms with Crippen LogP contribution in [0.1, 0.15) is 59.5 Å². The molecule has 1 N–H and O–H groups in total. The number of alkyl halides is 1. The molecule has 0 spiro atoms. The number of aromatic hydroxyl groups is 1. The molecule has 242 valence electrons. The largest absolute Gasteiger partial charge is 0.507 e. The van der Waals surface area contributed by atoms with Crippen LogP contribution in [0.4, 0.5) is 11.4 Å². The maximum Gasteiger partial charge on any atom is 0.257 e. The monoisotopic (exact) mass is 669 g/mol. The zero-order valence-electron chi connectivity index (χ0n) is 26.2. The van der Waals surface area contributed by atoms with E-state index in [0.29, 0.717) is 61.2 Å². The average Bonchev–Trinajstić information content (AvgIpc) is 3.74. The lowest BCUT2D eigenvalue weighted by atomic mass is 9.95. The first-order chi connectivity index (χ1) is 23.0. The normalized spacial score (nSPS) is 18.4. The number of phenols is 1. The summed E-state index contributed by atoms with van der Waals surface area (Å²) < 4.78 is 11.7. The highest BCUT2D eigenvalue weighted by molar-refractivity contribution is 7.08. The van der Waals surface area contributed by atoms with Gasteiger partial charge in [0.1, 0.15) is 5.75 Å². The Morgan fingerprint density at radius 2 is 1.96 bits per heavy atom. The number of aliphatic imine (C=N–C) groups is 1. The second-order valence-electron chi connectivity index (χ2n) is 12.2. The summed E-state index contributed by atoms with van der Waals surface area (Å²) in [6, 6.07) is 14.9. The molecule has 0 aliphatic carbocycles. The van der Waals surface area contributed by atoms with Gasteiger partial charge in [-0.15, -0.1) is 11.6 Å². The number of halogens is 1. The van der Waals surface area contributed by atoms with Crippen molar-refractivity contribution in [3.63, 3.8) is 0 Å². The van der Waals surface area contributed by atoms with Gasteiger partial charge in [-0.05, 0) is 70.7 Å². The van der Waals surface area contributed by atoms with E-state index in [0.717, 1.165) is 41.3 Å². The number of carbonyl (C=O) groups excluding carboxylic acids is 2. The summed E-state index contributed by atoms with van der Waals surface area (Å²) >= 11 is 8.00. The number of ether oxygens (including phenoxy) is 2. The van der Waals surface area contributed by atoms with Gasteiger partial charge in [0, 0.05) is 55.0 Å². The number of carbonyl (C=O) groups is 2. The lowest BCUT2D eigenvalue weighted by Crippen LogP contribution is -2.43. The summed E-state index contributed by atoms with van der Waals surface area (Å²) in [7, 11) is 1.57. The number of amides is 2. The summed E-state index contributed by atoms with van der Waals surface area (Å²) in [6.07, 6.45) is 7.36. The van der Waals surface area contributed by atoms with Gasteiger partial charge in [-0.3, -0.25) is 14.6 Å². The molecule has 10 heteroatoms. The molecule has 0 radical (unpaired) electrons. The number of nitrogens with zero attached hydrogens (tertiary/aromatic N) is 3. The minimum atomic E-state index is -0.118. The second-order valence-corrected chi connectivity index (χ2v) is 13.2. The van der Waals surface area contributed by atoms with E-state index in [1.807, 2.05) is 35.4 Å². The van der Waals surface area contributed by atoms with Gasteiger partial charge in [-0.25, -0.2) is 0 Å². The number of fused-ring (bicyclic) bond motifs is 5. The lowest BCUT2D eigenvalue weighted by molar-refractivity contribution is -0.118. The van der Waals surface area contributed by atoms with E-state index >= 15 is 0 Å². The van der Waals surface area contributed by atoms with Crippen LogP contribution in [0.25, 0.3) is 16.3 Å². The van der Waals surface area contributed by atoms with Gasteiger partial charge in [0.2, 0.25) is 5.91 Å². The van der Waals surface area contributed by atoms with Crippen LogP contribution in [-0.2, 0) is 4.79 Å². The smallest absolute Gasteiger partial charge is 0.257 e. The molecular formula is C37H36ClN3O5S. The van der Waals surface area contributed by atoms with Gasteiger partial charge < -0.3 is 24.4 Å². The van der Waals surface area contributed by atoms with E-state index in [1.165, 1.54) is 11.1 Å². The van der Waals surface area contributed by atoms with Gasteiger partial charge in [0.15, 0.2) is 11.5 Å². The van der Waals surface area contributed by atoms with Gasteiger partial charge in [-0.2, -0.15) is 11.3 Å². The Morgan fingerprint density at radius 1 is 1.11 bits per heavy atom. The Kier molecular flexibility index (Phi) is 8.92. The first-order valence-corrected chi connectivity index (χ1v) is 17.5. The van der Waals surface area contributed by atoms with Crippen molar-refractivity contribution in [1.29, 1.82) is 0 Å². The van der Waals surface area contributed by atoms with Crippen LogP contribution in [0.3, 0.4) is 0 Å². The zero-order chi connectivity index (χ0) is 32.5. The van der Waals surface area contributed by atoms with Crippen molar-refractivity contribution in [3.8, 4) is 17.2 Å². The van der Waals surface area contributed by atoms with Gasteiger partial charge in [0.05, 0.1) is 36.7 Å². The quantitative estimate of drug-likeness (QED) is 0.137. The van der Waals surface area contributed by atoms with Crippen molar-refractivity contribution in [1.82, 2.24) is 4.90 Å². The predicted octanol–water partition coefficient (Wildman–Crippen LogP) is 7.94. The van der Waals surface area contributed by atoms with Crippen LogP contribution in [-0.4, -0.2) is 66.8 Å². The zero-order valence-corrected chi connectivity index (χ0v) is 27.7. The highest BCUT2D eigenvalue weighted by atomic mass is 35.5. The molecule has 2 amide bonds. The fraction of sp³-hybridized carbons (Fsp3) is 0.324. The van der Waals surface area contributed by atoms with Gasteiger partial charge in [-0.1, -0.05) is 30.3 Å². The maximum atomic E-state index is 13.6. The molecule has 2 atom stereocenters. The molecule has 47 heavy (non-hydrogen) atoms. The molecule has 8 nitrogen and oxygen atoms in total. The fourth-order valence-electron chi connectivity index (χ4n) is 6.89. The maximum absolute atomic E-state index is 13.6. The molecule has 0 saturated heterocycles. The summed E-state index contributed by atoms with van der Waals surface area (Å²) in [5.41, 5.74) is 5.30. The van der Waals surface area contributed by atoms with Crippen LogP contribution >= 0.6 is 22.9 Å². The summed E-state index contributed by atoms with van der Waals surface area (Å²) in [5, 5.41) is 16.6. The molecule has 0 unspecified atom stereocenters. The molecule has 0 bridgehead atoms. The van der Waals surface area contributed by atoms with Crippen molar-refractivity contribution in [3.05, 3.63) is 82.1 Å². The van der Waals surface area contributed by atoms with Crippen molar-refractivity contribution < 1.29 is 24.2 Å². The molecule has 0 saturated carbocycles. The van der Waals surface area contributed by atoms with Crippen LogP contribution in [0.15, 0.2) is 70.4 Å². The molecule has 3 aliphatic heterocycles. The Bertz CT molecular complexity index is 1890. The minimum absolute atomic E-state index is 0.0200. The predicted molar refractivity (Wildman–Crippen MR) is 188 cm³/mol. The van der Waals surface area contributed by atoms with Gasteiger partial charge in [0.25, 0.3) is 5.91 Å². The number of methoxy groups -OCH3 is 1. The van der Waals surface area contributed by atoms with E-state index in [9.17, 15) is 14.7 Å². The second kappa shape index (κ2) is 13.4. The van der Waals surface area contributed by atoms with Gasteiger partial charge >= 0.3 is 0 Å².